The quantitative estimate of drug-likeness (QED) is 0.379. The Labute approximate surface area is 153 Å². The Balaban J connectivity index is 1.80. The van der Waals surface area contributed by atoms with Crippen molar-refractivity contribution in [2.75, 3.05) is 17.2 Å². The van der Waals surface area contributed by atoms with Crippen LogP contribution >= 0.6 is 23.1 Å². The van der Waals surface area contributed by atoms with Crippen molar-refractivity contribution in [3.05, 3.63) is 64.8 Å². The number of aromatic nitrogens is 2. The normalized spacial score (nSPS) is 10.8. The first-order valence-electron chi connectivity index (χ1n) is 7.65. The maximum absolute atomic E-state index is 12.7. The van der Waals surface area contributed by atoms with Gasteiger partial charge in [0.05, 0.1) is 11.1 Å². The summed E-state index contributed by atoms with van der Waals surface area (Å²) in [4.78, 5) is 31.8. The Kier molecular flexibility index (Phi) is 5.35. The van der Waals surface area contributed by atoms with Gasteiger partial charge in [-0.1, -0.05) is 36.0 Å². The Morgan fingerprint density at radius 2 is 2.12 bits per heavy atom. The van der Waals surface area contributed by atoms with E-state index in [0.717, 1.165) is 5.69 Å². The predicted molar refractivity (Wildman–Crippen MR) is 105 cm³/mol. The third kappa shape index (κ3) is 3.67. The highest BCUT2D eigenvalue weighted by Gasteiger charge is 2.17. The summed E-state index contributed by atoms with van der Waals surface area (Å²) in [6.45, 7) is 4.15. The number of carbonyl (C=O) groups excluding carboxylic acids is 1. The molecule has 0 radical (unpaired) electrons. The van der Waals surface area contributed by atoms with Crippen LogP contribution in [0.2, 0.25) is 0 Å². The minimum atomic E-state index is -0.0905. The van der Waals surface area contributed by atoms with Crippen molar-refractivity contribution in [3.63, 3.8) is 0 Å². The molecule has 0 atom stereocenters. The van der Waals surface area contributed by atoms with Crippen molar-refractivity contribution >= 4 is 44.9 Å². The number of thiophene rings is 1. The largest absolute Gasteiger partial charge is 0.308 e. The highest BCUT2D eigenvalue weighted by atomic mass is 32.2. The van der Waals surface area contributed by atoms with E-state index in [2.05, 4.69) is 11.6 Å². The van der Waals surface area contributed by atoms with E-state index in [4.69, 9.17) is 0 Å². The molecule has 0 saturated carbocycles. The number of nitrogens with zero attached hydrogens (tertiary/aromatic N) is 3. The van der Waals surface area contributed by atoms with Crippen LogP contribution in [0.5, 0.6) is 0 Å². The molecule has 0 N–H and O–H groups in total. The lowest BCUT2D eigenvalue weighted by Crippen LogP contribution is -2.32. The van der Waals surface area contributed by atoms with Crippen LogP contribution in [0.25, 0.3) is 10.2 Å². The minimum Gasteiger partial charge on any atom is -0.308 e. The maximum Gasteiger partial charge on any atom is 0.262 e. The zero-order chi connectivity index (χ0) is 17.8. The Bertz CT molecular complexity index is 963. The summed E-state index contributed by atoms with van der Waals surface area (Å²) in [6.07, 6.45) is 1.70. The number of hydrogen-bond donors (Lipinski definition) is 0. The average molecular weight is 371 g/mol. The summed E-state index contributed by atoms with van der Waals surface area (Å²) >= 11 is 2.69. The molecule has 0 fully saturated rings. The van der Waals surface area contributed by atoms with Crippen LogP contribution in [0.3, 0.4) is 0 Å². The van der Waals surface area contributed by atoms with Crippen molar-refractivity contribution in [3.8, 4) is 0 Å². The van der Waals surface area contributed by atoms with Gasteiger partial charge in [0.25, 0.3) is 5.56 Å². The van der Waals surface area contributed by atoms with Gasteiger partial charge in [-0.15, -0.1) is 17.9 Å². The molecule has 0 spiro atoms. The van der Waals surface area contributed by atoms with Gasteiger partial charge in [-0.2, -0.15) is 0 Å². The number of fused-ring (bicyclic) bond motifs is 1. The molecular formula is C18H17N3O2S2. The van der Waals surface area contributed by atoms with Crippen LogP contribution in [-0.4, -0.2) is 27.8 Å². The van der Waals surface area contributed by atoms with Gasteiger partial charge in [0.15, 0.2) is 5.16 Å². The molecule has 2 aromatic heterocycles. The Morgan fingerprint density at radius 3 is 2.84 bits per heavy atom. The van der Waals surface area contributed by atoms with Gasteiger partial charge < -0.3 is 4.90 Å². The van der Waals surface area contributed by atoms with Crippen LogP contribution in [-0.2, 0) is 11.8 Å². The molecule has 1 aromatic carbocycles. The molecule has 0 aliphatic carbocycles. The van der Waals surface area contributed by atoms with Gasteiger partial charge in [-0.3, -0.25) is 14.2 Å². The molecule has 128 valence electrons. The fourth-order valence-electron chi connectivity index (χ4n) is 2.40. The van der Waals surface area contributed by atoms with E-state index < -0.39 is 0 Å². The summed E-state index contributed by atoms with van der Waals surface area (Å²) in [5.41, 5.74) is 0.732. The van der Waals surface area contributed by atoms with Crippen molar-refractivity contribution < 1.29 is 4.79 Å². The van der Waals surface area contributed by atoms with Gasteiger partial charge in [0, 0.05) is 19.3 Å². The number of rotatable bonds is 6. The summed E-state index contributed by atoms with van der Waals surface area (Å²) in [6, 6.07) is 11.2. The molecule has 7 heteroatoms. The van der Waals surface area contributed by atoms with E-state index in [-0.39, 0.29) is 17.2 Å². The fourth-order valence-corrected chi connectivity index (χ4v) is 4.05. The Hall–Kier alpha value is -2.38. The second-order valence-corrected chi connectivity index (χ2v) is 7.15. The molecule has 0 bridgehead atoms. The molecule has 0 unspecified atom stereocenters. The molecule has 3 rings (SSSR count). The van der Waals surface area contributed by atoms with E-state index in [1.165, 1.54) is 27.7 Å². The molecule has 25 heavy (non-hydrogen) atoms. The molecule has 1 amide bonds. The van der Waals surface area contributed by atoms with Gasteiger partial charge in [-0.05, 0) is 23.6 Å². The molecule has 5 nitrogen and oxygen atoms in total. The number of thioether (sulfide) groups is 1. The van der Waals surface area contributed by atoms with E-state index in [9.17, 15) is 9.59 Å². The number of amides is 1. The molecule has 3 aromatic rings. The van der Waals surface area contributed by atoms with Crippen LogP contribution in [0.4, 0.5) is 5.69 Å². The van der Waals surface area contributed by atoms with E-state index in [1.54, 1.807) is 24.1 Å². The van der Waals surface area contributed by atoms with Crippen LogP contribution < -0.4 is 10.5 Å². The van der Waals surface area contributed by atoms with E-state index in [1.807, 2.05) is 35.7 Å². The minimum absolute atomic E-state index is 0.0587. The van der Waals surface area contributed by atoms with Crippen molar-refractivity contribution in [2.45, 2.75) is 5.16 Å². The number of para-hydroxylation sites is 1. The van der Waals surface area contributed by atoms with Crippen LogP contribution in [0.15, 0.2) is 64.4 Å². The molecule has 0 aliphatic rings. The fraction of sp³-hybridized carbons (Fsp3) is 0.167. The number of carbonyl (C=O) groups is 1. The highest BCUT2D eigenvalue weighted by molar-refractivity contribution is 7.99. The summed E-state index contributed by atoms with van der Waals surface area (Å²) in [5, 5.41) is 3.00. The smallest absolute Gasteiger partial charge is 0.262 e. The lowest BCUT2D eigenvalue weighted by atomic mass is 10.3. The predicted octanol–water partition coefficient (Wildman–Crippen LogP) is 3.31. The summed E-state index contributed by atoms with van der Waals surface area (Å²) in [5.74, 6) is 0.136. The summed E-state index contributed by atoms with van der Waals surface area (Å²) < 4.78 is 1.49. The first-order valence-corrected chi connectivity index (χ1v) is 9.51. The molecular weight excluding hydrogens is 354 g/mol. The second kappa shape index (κ2) is 7.67. The number of hydrogen-bond acceptors (Lipinski definition) is 5. The van der Waals surface area contributed by atoms with Crippen molar-refractivity contribution in [1.82, 2.24) is 9.55 Å². The first-order chi connectivity index (χ1) is 12.1. The number of anilines is 1. The van der Waals surface area contributed by atoms with Gasteiger partial charge in [0.1, 0.15) is 4.83 Å². The Morgan fingerprint density at radius 1 is 1.36 bits per heavy atom. The topological polar surface area (TPSA) is 55.2 Å². The number of benzene rings is 1. The third-order valence-electron chi connectivity index (χ3n) is 3.67. The molecule has 0 aliphatic heterocycles. The van der Waals surface area contributed by atoms with Gasteiger partial charge in [0.2, 0.25) is 5.91 Å². The van der Waals surface area contributed by atoms with Gasteiger partial charge in [-0.25, -0.2) is 4.98 Å². The average Bonchev–Trinajstić information content (AvgIpc) is 3.10. The molecule has 0 saturated heterocycles. The van der Waals surface area contributed by atoms with Crippen LogP contribution in [0.1, 0.15) is 0 Å². The summed E-state index contributed by atoms with van der Waals surface area (Å²) in [7, 11) is 1.68. The van der Waals surface area contributed by atoms with Crippen LogP contribution in [0, 0.1) is 0 Å². The molecule has 2 heterocycles. The lowest BCUT2D eigenvalue weighted by Gasteiger charge is -2.21. The maximum atomic E-state index is 12.7. The van der Waals surface area contributed by atoms with Crippen molar-refractivity contribution in [1.29, 1.82) is 0 Å². The van der Waals surface area contributed by atoms with Gasteiger partial charge >= 0.3 is 0 Å². The standard InChI is InChI=1S/C18H17N3O2S2/c1-3-10-21(13-7-5-4-6-8-13)15(22)12-25-18-19-16-14(9-11-24-16)17(23)20(18)2/h3-9,11H,1,10,12H2,2H3. The van der Waals surface area contributed by atoms with Crippen molar-refractivity contribution in [2.24, 2.45) is 7.05 Å². The third-order valence-corrected chi connectivity index (χ3v) is 5.49. The first kappa shape index (κ1) is 17.4. The highest BCUT2D eigenvalue weighted by Crippen LogP contribution is 2.22. The van der Waals surface area contributed by atoms with E-state index >= 15 is 0 Å². The SMILES string of the molecule is C=CCN(C(=O)CSc1nc2sccc2c(=O)n1C)c1ccccc1. The zero-order valence-electron chi connectivity index (χ0n) is 13.7. The van der Waals surface area contributed by atoms with E-state index in [0.29, 0.717) is 21.9 Å². The monoisotopic (exact) mass is 371 g/mol. The second-order valence-electron chi connectivity index (χ2n) is 5.32. The zero-order valence-corrected chi connectivity index (χ0v) is 15.3. The lowest BCUT2D eigenvalue weighted by molar-refractivity contribution is -0.116.